The minimum absolute atomic E-state index is 0.421. The van der Waals surface area contributed by atoms with Crippen LogP contribution in [0.25, 0.3) is 0 Å². The molecule has 0 amide bonds. The third kappa shape index (κ3) is 5.36. The second-order valence-corrected chi connectivity index (χ2v) is 5.96. The fourth-order valence-electron chi connectivity index (χ4n) is 1.79. The van der Waals surface area contributed by atoms with Crippen molar-refractivity contribution in [3.05, 3.63) is 21.3 Å². The maximum absolute atomic E-state index is 5.93. The van der Waals surface area contributed by atoms with Gasteiger partial charge in [0.15, 0.2) is 0 Å². The Labute approximate surface area is 113 Å². The molecule has 0 bridgehead atoms. The monoisotopic (exact) mass is 276 g/mol. The van der Waals surface area contributed by atoms with Crippen LogP contribution in [0.2, 0.25) is 4.34 Å². The predicted octanol–water partition coefficient (Wildman–Crippen LogP) is 2.59. The summed E-state index contributed by atoms with van der Waals surface area (Å²) in [5.41, 5.74) is 5.55. The number of rotatable bonds is 8. The molecule has 3 nitrogen and oxygen atoms in total. The van der Waals surface area contributed by atoms with Crippen molar-refractivity contribution in [2.24, 2.45) is 5.73 Å². The summed E-state index contributed by atoms with van der Waals surface area (Å²) in [6.07, 6.45) is 2.10. The van der Waals surface area contributed by atoms with Gasteiger partial charge in [0.05, 0.1) is 10.9 Å². The topological polar surface area (TPSA) is 38.5 Å². The number of ether oxygens (including phenoxy) is 1. The fraction of sp³-hybridized carbons (Fsp3) is 0.667. The molecule has 17 heavy (non-hydrogen) atoms. The summed E-state index contributed by atoms with van der Waals surface area (Å²) in [6.45, 7) is 2.39. The van der Waals surface area contributed by atoms with Gasteiger partial charge < -0.3 is 10.5 Å². The van der Waals surface area contributed by atoms with E-state index in [4.69, 9.17) is 22.1 Å². The first-order valence-electron chi connectivity index (χ1n) is 5.80. The Morgan fingerprint density at radius 1 is 1.53 bits per heavy atom. The molecule has 5 heteroatoms. The highest BCUT2D eigenvalue weighted by atomic mass is 35.5. The highest BCUT2D eigenvalue weighted by Crippen LogP contribution is 2.23. The Morgan fingerprint density at radius 2 is 2.29 bits per heavy atom. The van der Waals surface area contributed by atoms with Crippen molar-refractivity contribution in [1.29, 1.82) is 0 Å². The van der Waals surface area contributed by atoms with Crippen molar-refractivity contribution in [2.45, 2.75) is 25.4 Å². The number of hydrogen-bond donors (Lipinski definition) is 1. The Hall–Kier alpha value is -0.130. The van der Waals surface area contributed by atoms with Gasteiger partial charge in [-0.05, 0) is 38.6 Å². The first-order chi connectivity index (χ1) is 8.17. The molecule has 1 aromatic rings. The van der Waals surface area contributed by atoms with Crippen LogP contribution in [0.15, 0.2) is 12.1 Å². The van der Waals surface area contributed by atoms with Gasteiger partial charge in [0, 0.05) is 24.6 Å². The lowest BCUT2D eigenvalue weighted by Gasteiger charge is -2.27. The summed E-state index contributed by atoms with van der Waals surface area (Å²) in [6, 6.07) is 4.45. The molecule has 0 aliphatic rings. The standard InChI is InChI=1S/C12H21ClN2OS/c1-15(8-11-5-6-12(13)17-11)10(9-16-2)4-3-7-14/h5-6,10H,3-4,7-9,14H2,1-2H3. The average molecular weight is 277 g/mol. The van der Waals surface area contributed by atoms with E-state index in [-0.39, 0.29) is 0 Å². The Morgan fingerprint density at radius 3 is 2.82 bits per heavy atom. The van der Waals surface area contributed by atoms with Crippen molar-refractivity contribution in [3.63, 3.8) is 0 Å². The normalized spacial score (nSPS) is 13.2. The molecule has 98 valence electrons. The van der Waals surface area contributed by atoms with Gasteiger partial charge in [0.2, 0.25) is 0 Å². The summed E-state index contributed by atoms with van der Waals surface area (Å²) in [5.74, 6) is 0. The summed E-state index contributed by atoms with van der Waals surface area (Å²) >= 11 is 7.56. The maximum Gasteiger partial charge on any atom is 0.0931 e. The quantitative estimate of drug-likeness (QED) is 0.793. The van der Waals surface area contributed by atoms with E-state index >= 15 is 0 Å². The van der Waals surface area contributed by atoms with Gasteiger partial charge in [-0.15, -0.1) is 11.3 Å². The number of halogens is 1. The van der Waals surface area contributed by atoms with Gasteiger partial charge in [0.25, 0.3) is 0 Å². The lowest BCUT2D eigenvalue weighted by atomic mass is 10.1. The van der Waals surface area contributed by atoms with Gasteiger partial charge in [-0.3, -0.25) is 4.90 Å². The second kappa shape index (κ2) is 8.06. The van der Waals surface area contributed by atoms with Crippen LogP contribution in [0, 0.1) is 0 Å². The zero-order valence-corrected chi connectivity index (χ0v) is 12.1. The van der Waals surface area contributed by atoms with E-state index in [9.17, 15) is 0 Å². The van der Waals surface area contributed by atoms with Crippen molar-refractivity contribution in [1.82, 2.24) is 4.90 Å². The molecule has 1 heterocycles. The third-order valence-corrected chi connectivity index (χ3v) is 3.97. The molecule has 0 saturated heterocycles. The molecule has 2 N–H and O–H groups in total. The van der Waals surface area contributed by atoms with Gasteiger partial charge in [0.1, 0.15) is 0 Å². The number of methoxy groups -OCH3 is 1. The second-order valence-electron chi connectivity index (χ2n) is 4.16. The minimum atomic E-state index is 0.421. The summed E-state index contributed by atoms with van der Waals surface area (Å²) in [7, 11) is 3.86. The van der Waals surface area contributed by atoms with E-state index in [2.05, 4.69) is 18.0 Å². The molecule has 1 rings (SSSR count). The van der Waals surface area contributed by atoms with E-state index in [0.717, 1.165) is 36.9 Å². The Bertz CT molecular complexity index is 319. The number of thiophene rings is 1. The first-order valence-corrected chi connectivity index (χ1v) is 7.00. The highest BCUT2D eigenvalue weighted by Gasteiger charge is 2.15. The average Bonchev–Trinajstić information content (AvgIpc) is 2.70. The van der Waals surface area contributed by atoms with Crippen LogP contribution in [-0.4, -0.2) is 38.3 Å². The summed E-state index contributed by atoms with van der Waals surface area (Å²) in [4.78, 5) is 3.59. The molecule has 1 atom stereocenters. The van der Waals surface area contributed by atoms with Crippen molar-refractivity contribution in [3.8, 4) is 0 Å². The van der Waals surface area contributed by atoms with Crippen molar-refractivity contribution >= 4 is 22.9 Å². The van der Waals surface area contributed by atoms with Crippen LogP contribution < -0.4 is 5.73 Å². The molecule has 0 fully saturated rings. The lowest BCUT2D eigenvalue weighted by Crippen LogP contribution is -2.35. The van der Waals surface area contributed by atoms with Crippen molar-refractivity contribution < 1.29 is 4.74 Å². The molecule has 0 saturated carbocycles. The molecule has 0 aromatic carbocycles. The van der Waals surface area contributed by atoms with Crippen molar-refractivity contribution in [2.75, 3.05) is 27.3 Å². The molecular weight excluding hydrogens is 256 g/mol. The van der Waals surface area contributed by atoms with Gasteiger partial charge in [-0.25, -0.2) is 0 Å². The van der Waals surface area contributed by atoms with Crippen LogP contribution >= 0.6 is 22.9 Å². The van der Waals surface area contributed by atoms with E-state index in [0.29, 0.717) is 6.04 Å². The van der Waals surface area contributed by atoms with E-state index in [1.165, 1.54) is 4.88 Å². The molecule has 0 spiro atoms. The number of hydrogen-bond acceptors (Lipinski definition) is 4. The van der Waals surface area contributed by atoms with E-state index in [1.807, 2.05) is 6.07 Å². The summed E-state index contributed by atoms with van der Waals surface area (Å²) < 4.78 is 6.11. The molecular formula is C12H21ClN2OS. The zero-order chi connectivity index (χ0) is 12.7. The lowest BCUT2D eigenvalue weighted by molar-refractivity contribution is 0.0968. The number of likely N-dealkylation sites (N-methyl/N-ethyl adjacent to an activating group) is 1. The minimum Gasteiger partial charge on any atom is -0.383 e. The fourth-order valence-corrected chi connectivity index (χ4v) is 2.94. The highest BCUT2D eigenvalue weighted by molar-refractivity contribution is 7.16. The predicted molar refractivity (Wildman–Crippen MR) is 74.7 cm³/mol. The number of nitrogens with zero attached hydrogens (tertiary/aromatic N) is 1. The van der Waals surface area contributed by atoms with Crippen LogP contribution in [0.3, 0.4) is 0 Å². The summed E-state index contributed by atoms with van der Waals surface area (Å²) in [5, 5.41) is 0. The van der Waals surface area contributed by atoms with E-state index < -0.39 is 0 Å². The maximum atomic E-state index is 5.93. The SMILES string of the molecule is COCC(CCCN)N(C)Cc1ccc(Cl)s1. The third-order valence-electron chi connectivity index (χ3n) is 2.76. The van der Waals surface area contributed by atoms with Crippen LogP contribution in [0.4, 0.5) is 0 Å². The van der Waals surface area contributed by atoms with Gasteiger partial charge in [-0.2, -0.15) is 0 Å². The molecule has 0 aliphatic heterocycles. The smallest absolute Gasteiger partial charge is 0.0931 e. The Balaban J connectivity index is 2.48. The van der Waals surface area contributed by atoms with Crippen LogP contribution in [-0.2, 0) is 11.3 Å². The molecule has 1 unspecified atom stereocenters. The van der Waals surface area contributed by atoms with Gasteiger partial charge >= 0.3 is 0 Å². The van der Waals surface area contributed by atoms with Crippen LogP contribution in [0.1, 0.15) is 17.7 Å². The van der Waals surface area contributed by atoms with Crippen LogP contribution in [0.5, 0.6) is 0 Å². The molecule has 0 aliphatic carbocycles. The molecule has 1 aromatic heterocycles. The first kappa shape index (κ1) is 14.9. The Kier molecular flexibility index (Phi) is 7.08. The van der Waals surface area contributed by atoms with Gasteiger partial charge in [-0.1, -0.05) is 11.6 Å². The zero-order valence-electron chi connectivity index (χ0n) is 10.5. The largest absolute Gasteiger partial charge is 0.383 e. The molecule has 0 radical (unpaired) electrons. The van der Waals surface area contributed by atoms with E-state index in [1.54, 1.807) is 18.4 Å². The number of nitrogens with two attached hydrogens (primary N) is 1.